The number of alkyl carbamates (subject to hydrolysis) is 1. The SMILES string of the molecule is C=CCCC(NC(=O)OCC1c2ccccc2-c2ccccc21)C(=O)N(C)C(CC)C(=O)O. The number of amides is 2. The fourth-order valence-corrected chi connectivity index (χ4v) is 4.34. The van der Waals surface area contributed by atoms with E-state index in [1.54, 1.807) is 13.0 Å². The highest BCUT2D eigenvalue weighted by molar-refractivity contribution is 5.89. The molecule has 0 heterocycles. The molecule has 174 valence electrons. The van der Waals surface area contributed by atoms with Gasteiger partial charge >= 0.3 is 12.1 Å². The van der Waals surface area contributed by atoms with E-state index in [0.29, 0.717) is 12.8 Å². The summed E-state index contributed by atoms with van der Waals surface area (Å²) in [5.41, 5.74) is 4.44. The Bertz CT molecular complexity index is 989. The van der Waals surface area contributed by atoms with Crippen LogP contribution in [0.3, 0.4) is 0 Å². The van der Waals surface area contributed by atoms with Crippen molar-refractivity contribution in [3.8, 4) is 11.1 Å². The first kappa shape index (κ1) is 24.0. The fourth-order valence-electron chi connectivity index (χ4n) is 4.34. The van der Waals surface area contributed by atoms with Gasteiger partial charge in [0.1, 0.15) is 18.7 Å². The molecule has 2 unspecified atom stereocenters. The third-order valence-corrected chi connectivity index (χ3v) is 6.08. The van der Waals surface area contributed by atoms with Crippen molar-refractivity contribution in [3.63, 3.8) is 0 Å². The summed E-state index contributed by atoms with van der Waals surface area (Å²) in [6.45, 7) is 5.49. The molecule has 0 radical (unpaired) electrons. The third kappa shape index (κ3) is 5.25. The number of carboxylic acids is 1. The summed E-state index contributed by atoms with van der Waals surface area (Å²) >= 11 is 0. The Morgan fingerprint density at radius 1 is 1.12 bits per heavy atom. The van der Waals surface area contributed by atoms with Crippen LogP contribution in [0.25, 0.3) is 11.1 Å². The lowest BCUT2D eigenvalue weighted by Crippen LogP contribution is -2.52. The number of hydrogen-bond acceptors (Lipinski definition) is 4. The molecule has 1 aliphatic rings. The Morgan fingerprint density at radius 2 is 1.70 bits per heavy atom. The van der Waals surface area contributed by atoms with E-state index in [0.717, 1.165) is 22.3 Å². The maximum absolute atomic E-state index is 12.9. The molecule has 0 aliphatic heterocycles. The summed E-state index contributed by atoms with van der Waals surface area (Å²) in [5, 5.41) is 12.0. The van der Waals surface area contributed by atoms with Gasteiger partial charge in [-0.15, -0.1) is 6.58 Å². The average molecular weight is 451 g/mol. The van der Waals surface area contributed by atoms with E-state index >= 15 is 0 Å². The first-order valence-corrected chi connectivity index (χ1v) is 11.1. The summed E-state index contributed by atoms with van der Waals surface area (Å²) in [7, 11) is 1.44. The molecule has 2 aromatic rings. The molecular formula is C26H30N2O5. The van der Waals surface area contributed by atoms with Gasteiger partial charge in [0.2, 0.25) is 5.91 Å². The summed E-state index contributed by atoms with van der Waals surface area (Å²) in [6.07, 6.45) is 1.98. The lowest BCUT2D eigenvalue weighted by Gasteiger charge is -2.28. The zero-order chi connectivity index (χ0) is 24.0. The minimum absolute atomic E-state index is 0.0929. The molecule has 0 fully saturated rings. The van der Waals surface area contributed by atoms with Crippen molar-refractivity contribution in [2.75, 3.05) is 13.7 Å². The number of carboxylic acid groups (broad SMARTS) is 1. The van der Waals surface area contributed by atoms with Gasteiger partial charge in [-0.25, -0.2) is 9.59 Å². The van der Waals surface area contributed by atoms with Crippen LogP contribution in [-0.2, 0) is 14.3 Å². The third-order valence-electron chi connectivity index (χ3n) is 6.08. The zero-order valence-electron chi connectivity index (χ0n) is 19.0. The molecule has 0 saturated carbocycles. The number of benzene rings is 2. The molecule has 2 atom stereocenters. The van der Waals surface area contributed by atoms with Crippen LogP contribution in [0.15, 0.2) is 61.2 Å². The first-order chi connectivity index (χ1) is 15.9. The normalized spacial score (nSPS) is 13.9. The summed E-state index contributed by atoms with van der Waals surface area (Å²) in [6, 6.07) is 14.2. The molecule has 0 spiro atoms. The number of allylic oxidation sites excluding steroid dienone is 1. The number of ether oxygens (including phenoxy) is 1. The van der Waals surface area contributed by atoms with Crippen molar-refractivity contribution >= 4 is 18.0 Å². The molecule has 3 rings (SSSR count). The Morgan fingerprint density at radius 3 is 2.21 bits per heavy atom. The maximum atomic E-state index is 12.9. The summed E-state index contributed by atoms with van der Waals surface area (Å²) < 4.78 is 5.55. The largest absolute Gasteiger partial charge is 0.480 e. The molecule has 1 aliphatic carbocycles. The molecule has 7 nitrogen and oxygen atoms in total. The van der Waals surface area contributed by atoms with Crippen molar-refractivity contribution in [1.29, 1.82) is 0 Å². The van der Waals surface area contributed by atoms with Crippen LogP contribution in [0.1, 0.15) is 43.2 Å². The van der Waals surface area contributed by atoms with E-state index in [-0.39, 0.29) is 18.9 Å². The molecule has 0 saturated heterocycles. The predicted octanol–water partition coefficient (Wildman–Crippen LogP) is 4.18. The lowest BCUT2D eigenvalue weighted by molar-refractivity contribution is -0.149. The van der Waals surface area contributed by atoms with Crippen molar-refractivity contribution < 1.29 is 24.2 Å². The number of fused-ring (bicyclic) bond motifs is 3. The number of aliphatic carboxylic acids is 1. The number of carbonyl (C=O) groups is 3. The molecular weight excluding hydrogens is 420 g/mol. The molecule has 2 amide bonds. The van der Waals surface area contributed by atoms with E-state index in [9.17, 15) is 19.5 Å². The van der Waals surface area contributed by atoms with Gasteiger partial charge in [0.15, 0.2) is 0 Å². The molecule has 2 N–H and O–H groups in total. The van der Waals surface area contributed by atoms with Crippen molar-refractivity contribution in [2.24, 2.45) is 0 Å². The lowest BCUT2D eigenvalue weighted by atomic mass is 9.98. The van der Waals surface area contributed by atoms with Gasteiger partial charge in [0, 0.05) is 13.0 Å². The average Bonchev–Trinajstić information content (AvgIpc) is 3.13. The van der Waals surface area contributed by atoms with Crippen molar-refractivity contribution in [1.82, 2.24) is 10.2 Å². The number of likely N-dealkylation sites (N-methyl/N-ethyl adjacent to an activating group) is 1. The predicted molar refractivity (Wildman–Crippen MR) is 126 cm³/mol. The van der Waals surface area contributed by atoms with Gasteiger partial charge in [-0.3, -0.25) is 4.79 Å². The number of nitrogens with one attached hydrogen (secondary N) is 1. The van der Waals surface area contributed by atoms with Crippen LogP contribution in [0, 0.1) is 0 Å². The Balaban J connectivity index is 1.69. The minimum atomic E-state index is -1.09. The van der Waals surface area contributed by atoms with Gasteiger partial charge in [0.25, 0.3) is 0 Å². The topological polar surface area (TPSA) is 95.9 Å². The molecule has 33 heavy (non-hydrogen) atoms. The quantitative estimate of drug-likeness (QED) is 0.530. The Hall–Kier alpha value is -3.61. The van der Waals surface area contributed by atoms with Gasteiger partial charge < -0.3 is 20.1 Å². The monoisotopic (exact) mass is 450 g/mol. The van der Waals surface area contributed by atoms with Crippen LogP contribution in [0.4, 0.5) is 4.79 Å². The van der Waals surface area contributed by atoms with Crippen LogP contribution < -0.4 is 5.32 Å². The fraction of sp³-hybridized carbons (Fsp3) is 0.346. The Kier molecular flexibility index (Phi) is 7.87. The van der Waals surface area contributed by atoms with Crippen molar-refractivity contribution in [3.05, 3.63) is 72.3 Å². The number of carbonyl (C=O) groups excluding carboxylic acids is 2. The van der Waals surface area contributed by atoms with Gasteiger partial charge in [-0.2, -0.15) is 0 Å². The zero-order valence-corrected chi connectivity index (χ0v) is 19.0. The summed E-state index contributed by atoms with van der Waals surface area (Å²) in [4.78, 5) is 38.2. The van der Waals surface area contributed by atoms with E-state index in [2.05, 4.69) is 24.0 Å². The molecule has 0 bridgehead atoms. The van der Waals surface area contributed by atoms with Gasteiger partial charge in [-0.1, -0.05) is 61.5 Å². The minimum Gasteiger partial charge on any atom is -0.480 e. The second-order valence-corrected chi connectivity index (χ2v) is 8.10. The van der Waals surface area contributed by atoms with Gasteiger partial charge in [-0.05, 0) is 41.5 Å². The number of nitrogens with zero attached hydrogens (tertiary/aromatic N) is 1. The highest BCUT2D eigenvalue weighted by Gasteiger charge is 2.32. The number of rotatable bonds is 10. The highest BCUT2D eigenvalue weighted by atomic mass is 16.5. The molecule has 0 aromatic heterocycles. The van der Waals surface area contributed by atoms with Crippen LogP contribution >= 0.6 is 0 Å². The maximum Gasteiger partial charge on any atom is 0.407 e. The van der Waals surface area contributed by atoms with E-state index in [1.165, 1.54) is 11.9 Å². The van der Waals surface area contributed by atoms with Crippen LogP contribution in [0.2, 0.25) is 0 Å². The molecule has 2 aromatic carbocycles. The van der Waals surface area contributed by atoms with Crippen LogP contribution in [-0.4, -0.2) is 53.7 Å². The van der Waals surface area contributed by atoms with E-state index < -0.39 is 30.1 Å². The van der Waals surface area contributed by atoms with Crippen molar-refractivity contribution in [2.45, 2.75) is 44.2 Å². The molecule has 7 heteroatoms. The smallest absolute Gasteiger partial charge is 0.407 e. The second kappa shape index (κ2) is 10.8. The number of hydrogen-bond donors (Lipinski definition) is 2. The van der Waals surface area contributed by atoms with E-state index in [4.69, 9.17) is 4.74 Å². The van der Waals surface area contributed by atoms with Crippen LogP contribution in [0.5, 0.6) is 0 Å². The van der Waals surface area contributed by atoms with Gasteiger partial charge in [0.05, 0.1) is 0 Å². The Labute approximate surface area is 194 Å². The summed E-state index contributed by atoms with van der Waals surface area (Å²) in [5.74, 6) is -1.65. The first-order valence-electron chi connectivity index (χ1n) is 11.1. The standard InChI is InChI=1S/C26H30N2O5/c1-4-6-15-22(24(29)28(3)23(5-2)25(30)31)27-26(32)33-16-21-19-13-9-7-11-17(19)18-12-8-10-14-20(18)21/h4,7-14,21-23H,1,5-6,15-16H2,2-3H3,(H,27,32)(H,30,31). The highest BCUT2D eigenvalue weighted by Crippen LogP contribution is 2.44. The second-order valence-electron chi connectivity index (χ2n) is 8.10. The van der Waals surface area contributed by atoms with E-state index in [1.807, 2.05) is 36.4 Å².